The molecule has 4 nitrogen and oxygen atoms in total. The lowest BCUT2D eigenvalue weighted by atomic mass is 9.95. The number of aromatic nitrogens is 1. The number of nitrogens with zero attached hydrogens (tertiary/aromatic N) is 2. The Morgan fingerprint density at radius 3 is 2.25 bits per heavy atom. The number of rotatable bonds is 4. The van der Waals surface area contributed by atoms with E-state index in [2.05, 4.69) is 77.5 Å². The summed E-state index contributed by atoms with van der Waals surface area (Å²) in [5.74, 6) is 0.00113. The lowest BCUT2D eigenvalue weighted by Crippen LogP contribution is -2.54. The molecule has 5 rings (SSSR count). The number of nitrogens with one attached hydrogen (secondary N) is 1. The van der Waals surface area contributed by atoms with E-state index in [4.69, 9.17) is 11.6 Å². The predicted octanol–water partition coefficient (Wildman–Crippen LogP) is 5.76. The summed E-state index contributed by atoms with van der Waals surface area (Å²) in [4.78, 5) is 21.0. The maximum Gasteiger partial charge on any atom is 0.255 e. The molecule has 162 valence electrons. The zero-order valence-corrected chi connectivity index (χ0v) is 18.8. The zero-order valence-electron chi connectivity index (χ0n) is 18.0. The number of H-pyrrole nitrogens is 1. The first-order valence-electron chi connectivity index (χ1n) is 11.0. The Morgan fingerprint density at radius 1 is 0.969 bits per heavy atom. The van der Waals surface area contributed by atoms with Crippen LogP contribution in [0, 0.1) is 0 Å². The van der Waals surface area contributed by atoms with E-state index in [0.29, 0.717) is 17.1 Å². The van der Waals surface area contributed by atoms with Gasteiger partial charge < -0.3 is 9.88 Å². The molecule has 0 unspecified atom stereocenters. The fourth-order valence-electron chi connectivity index (χ4n) is 4.80. The lowest BCUT2D eigenvalue weighted by Gasteiger charge is -2.43. The third-order valence-corrected chi connectivity index (χ3v) is 6.70. The first-order chi connectivity index (χ1) is 15.6. The number of amides is 1. The molecule has 3 aromatic carbocycles. The van der Waals surface area contributed by atoms with Crippen LogP contribution in [0.25, 0.3) is 10.9 Å². The van der Waals surface area contributed by atoms with Crippen LogP contribution in [-0.2, 0) is 0 Å². The van der Waals surface area contributed by atoms with Gasteiger partial charge in [-0.2, -0.15) is 0 Å². The normalized spacial score (nSPS) is 17.2. The minimum atomic E-state index is 0.00113. The molecule has 0 spiro atoms. The highest BCUT2D eigenvalue weighted by Crippen LogP contribution is 2.32. The van der Waals surface area contributed by atoms with Gasteiger partial charge in [0.2, 0.25) is 0 Å². The van der Waals surface area contributed by atoms with Crippen LogP contribution >= 0.6 is 11.6 Å². The number of hydrogen-bond donors (Lipinski definition) is 1. The van der Waals surface area contributed by atoms with Crippen molar-refractivity contribution in [2.45, 2.75) is 19.0 Å². The van der Waals surface area contributed by atoms with E-state index in [1.54, 1.807) is 0 Å². The molecule has 1 N–H and O–H groups in total. The van der Waals surface area contributed by atoms with Crippen LogP contribution in [0.4, 0.5) is 0 Å². The molecule has 1 aliphatic rings. The highest BCUT2D eigenvalue weighted by atomic mass is 35.5. The van der Waals surface area contributed by atoms with Crippen molar-refractivity contribution in [1.29, 1.82) is 0 Å². The maximum atomic E-state index is 13.4. The van der Waals surface area contributed by atoms with Gasteiger partial charge in [0, 0.05) is 42.8 Å². The van der Waals surface area contributed by atoms with Gasteiger partial charge in [-0.15, -0.1) is 0 Å². The molecular formula is C27H26ClN3O. The Hall–Kier alpha value is -3.08. The Morgan fingerprint density at radius 2 is 1.62 bits per heavy atom. The van der Waals surface area contributed by atoms with Crippen molar-refractivity contribution >= 4 is 28.4 Å². The van der Waals surface area contributed by atoms with Crippen molar-refractivity contribution in [3.63, 3.8) is 0 Å². The summed E-state index contributed by atoms with van der Waals surface area (Å²) in [5, 5.41) is 1.49. The highest BCUT2D eigenvalue weighted by molar-refractivity contribution is 6.34. The molecule has 1 saturated heterocycles. The number of aromatic amines is 1. The quantitative estimate of drug-likeness (QED) is 0.435. The van der Waals surface area contributed by atoms with Crippen molar-refractivity contribution in [2.75, 3.05) is 19.6 Å². The van der Waals surface area contributed by atoms with Crippen molar-refractivity contribution in [3.8, 4) is 0 Å². The van der Waals surface area contributed by atoms with E-state index in [1.165, 1.54) is 11.1 Å². The average Bonchev–Trinajstić information content (AvgIpc) is 3.27. The molecule has 1 fully saturated rings. The molecule has 32 heavy (non-hydrogen) atoms. The van der Waals surface area contributed by atoms with Crippen LogP contribution in [0.1, 0.15) is 34.5 Å². The molecule has 4 aromatic rings. The van der Waals surface area contributed by atoms with Crippen LogP contribution < -0.4 is 0 Å². The number of benzene rings is 3. The maximum absolute atomic E-state index is 13.4. The first kappa shape index (κ1) is 20.8. The average molecular weight is 444 g/mol. The van der Waals surface area contributed by atoms with Crippen molar-refractivity contribution < 1.29 is 4.79 Å². The monoisotopic (exact) mass is 443 g/mol. The summed E-state index contributed by atoms with van der Waals surface area (Å²) in [7, 11) is 0. The van der Waals surface area contributed by atoms with E-state index in [-0.39, 0.29) is 18.0 Å². The predicted molar refractivity (Wildman–Crippen MR) is 130 cm³/mol. The fraction of sp³-hybridized carbons (Fsp3) is 0.222. The lowest BCUT2D eigenvalue weighted by molar-refractivity contribution is 0.0428. The minimum Gasteiger partial charge on any atom is -0.361 e. The van der Waals surface area contributed by atoms with Gasteiger partial charge in [0.25, 0.3) is 5.91 Å². The van der Waals surface area contributed by atoms with Crippen molar-refractivity contribution in [2.24, 2.45) is 0 Å². The molecule has 0 aliphatic carbocycles. The Balaban J connectivity index is 1.40. The molecule has 0 radical (unpaired) electrons. The molecule has 1 atom stereocenters. The highest BCUT2D eigenvalue weighted by Gasteiger charge is 2.33. The number of piperazine rings is 1. The van der Waals surface area contributed by atoms with Crippen LogP contribution in [0.5, 0.6) is 0 Å². The summed E-state index contributed by atoms with van der Waals surface area (Å²) in [6, 6.07) is 27.1. The first-order valence-corrected chi connectivity index (χ1v) is 11.4. The minimum absolute atomic E-state index is 0.00113. The summed E-state index contributed by atoms with van der Waals surface area (Å²) >= 11 is 6.48. The molecule has 1 amide bonds. The van der Waals surface area contributed by atoms with Gasteiger partial charge in [0.15, 0.2) is 0 Å². The Labute approximate surface area is 193 Å². The second-order valence-corrected chi connectivity index (χ2v) is 8.87. The van der Waals surface area contributed by atoms with Gasteiger partial charge in [0.05, 0.1) is 16.6 Å². The molecule has 0 bridgehead atoms. The van der Waals surface area contributed by atoms with Gasteiger partial charge >= 0.3 is 0 Å². The summed E-state index contributed by atoms with van der Waals surface area (Å²) < 4.78 is 0. The number of hydrogen-bond acceptors (Lipinski definition) is 2. The van der Waals surface area contributed by atoms with Crippen molar-refractivity contribution in [3.05, 3.63) is 107 Å². The number of halogens is 1. The largest absolute Gasteiger partial charge is 0.361 e. The van der Waals surface area contributed by atoms with Crippen LogP contribution in [-0.4, -0.2) is 46.4 Å². The standard InChI is InChI=1S/C27H26ClN3O/c1-19-18-30(26(20-8-4-2-5-9-20)21-10-6-3-7-11-21)14-15-31(19)27(32)23-16-22-12-13-29-25(22)17-24(23)28/h2-13,16-17,19,26,29H,14-15,18H2,1H3/t19-/m1/s1. The van der Waals surface area contributed by atoms with Gasteiger partial charge in [0.1, 0.15) is 0 Å². The Bertz CT molecular complexity index is 1180. The number of fused-ring (bicyclic) bond motifs is 1. The van der Waals surface area contributed by atoms with Gasteiger partial charge in [-0.05, 0) is 36.2 Å². The van der Waals surface area contributed by atoms with Crippen LogP contribution in [0.15, 0.2) is 85.1 Å². The van der Waals surface area contributed by atoms with Gasteiger partial charge in [-0.1, -0.05) is 72.3 Å². The summed E-state index contributed by atoms with van der Waals surface area (Å²) in [6.07, 6.45) is 1.87. The van der Waals surface area contributed by atoms with E-state index in [9.17, 15) is 4.79 Å². The number of carbonyl (C=O) groups excluding carboxylic acids is 1. The summed E-state index contributed by atoms with van der Waals surface area (Å²) in [5.41, 5.74) is 4.05. The SMILES string of the molecule is C[C@@H]1CN(C(c2ccccc2)c2ccccc2)CCN1C(=O)c1cc2cc[nH]c2cc1Cl. The van der Waals surface area contributed by atoms with E-state index >= 15 is 0 Å². The third-order valence-electron chi connectivity index (χ3n) is 6.39. The molecule has 1 aliphatic heterocycles. The third kappa shape index (κ3) is 3.92. The zero-order chi connectivity index (χ0) is 22.1. The molecule has 5 heteroatoms. The van der Waals surface area contributed by atoms with Gasteiger partial charge in [-0.25, -0.2) is 0 Å². The fourth-order valence-corrected chi connectivity index (χ4v) is 5.04. The van der Waals surface area contributed by atoms with Crippen LogP contribution in [0.2, 0.25) is 5.02 Å². The number of carbonyl (C=O) groups is 1. The molecule has 1 aromatic heterocycles. The van der Waals surface area contributed by atoms with Crippen LogP contribution in [0.3, 0.4) is 0 Å². The molecule has 2 heterocycles. The van der Waals surface area contributed by atoms with E-state index in [1.807, 2.05) is 29.3 Å². The van der Waals surface area contributed by atoms with E-state index in [0.717, 1.165) is 24.0 Å². The smallest absolute Gasteiger partial charge is 0.255 e. The topological polar surface area (TPSA) is 39.3 Å². The Kier molecular flexibility index (Phi) is 5.73. The summed E-state index contributed by atoms with van der Waals surface area (Å²) in [6.45, 7) is 4.39. The van der Waals surface area contributed by atoms with Crippen molar-refractivity contribution in [1.82, 2.24) is 14.8 Å². The molecule has 0 saturated carbocycles. The molecular weight excluding hydrogens is 418 g/mol. The second-order valence-electron chi connectivity index (χ2n) is 8.46. The second kappa shape index (κ2) is 8.81. The van der Waals surface area contributed by atoms with E-state index < -0.39 is 0 Å². The van der Waals surface area contributed by atoms with Gasteiger partial charge in [-0.3, -0.25) is 9.69 Å².